The molecule has 4 rings (SSSR count). The highest BCUT2D eigenvalue weighted by molar-refractivity contribution is 7.91. The highest BCUT2D eigenvalue weighted by Gasteiger charge is 2.33. The molecule has 0 aliphatic heterocycles. The van der Waals surface area contributed by atoms with Gasteiger partial charge in [0.2, 0.25) is 0 Å². The van der Waals surface area contributed by atoms with Crippen molar-refractivity contribution in [2.45, 2.75) is 24.4 Å². The maximum Gasteiger partial charge on any atom is 0.417 e. The van der Waals surface area contributed by atoms with E-state index in [4.69, 9.17) is 0 Å². The minimum Gasteiger partial charge on any atom is -0.256 e. The van der Waals surface area contributed by atoms with Crippen LogP contribution in [0, 0.1) is 5.82 Å². The molecule has 2 aromatic heterocycles. The Morgan fingerprint density at radius 1 is 1.00 bits per heavy atom. The van der Waals surface area contributed by atoms with Gasteiger partial charge >= 0.3 is 6.18 Å². The van der Waals surface area contributed by atoms with Crippen molar-refractivity contribution in [3.8, 4) is 11.1 Å². The van der Waals surface area contributed by atoms with Gasteiger partial charge in [0.25, 0.3) is 0 Å². The zero-order valence-electron chi connectivity index (χ0n) is 16.2. The molecule has 1 aliphatic carbocycles. The number of pyridine rings is 2. The third kappa shape index (κ3) is 4.10. The Balaban J connectivity index is 1.79. The van der Waals surface area contributed by atoms with Gasteiger partial charge < -0.3 is 0 Å². The average Bonchev–Trinajstić information content (AvgIpc) is 3.16. The fraction of sp³-hybridized carbons (Fsp3) is 0.182. The lowest BCUT2D eigenvalue weighted by molar-refractivity contribution is -0.137. The van der Waals surface area contributed by atoms with Gasteiger partial charge in [-0.2, -0.15) is 13.2 Å². The molecule has 0 atom stereocenters. The van der Waals surface area contributed by atoms with E-state index in [2.05, 4.69) is 9.97 Å². The van der Waals surface area contributed by atoms with E-state index in [1.54, 1.807) is 6.08 Å². The van der Waals surface area contributed by atoms with Gasteiger partial charge in [-0.25, -0.2) is 12.8 Å². The van der Waals surface area contributed by atoms with E-state index in [9.17, 15) is 26.0 Å². The normalized spacial score (nSPS) is 13.8. The van der Waals surface area contributed by atoms with Crippen molar-refractivity contribution in [2.75, 3.05) is 5.75 Å². The quantitative estimate of drug-likeness (QED) is 0.516. The molecule has 160 valence electrons. The maximum absolute atomic E-state index is 13.2. The lowest BCUT2D eigenvalue weighted by atomic mass is 10.0. The summed E-state index contributed by atoms with van der Waals surface area (Å²) in [6.45, 7) is 1.50. The molecule has 9 heteroatoms. The van der Waals surface area contributed by atoms with Crippen molar-refractivity contribution >= 4 is 21.5 Å². The summed E-state index contributed by atoms with van der Waals surface area (Å²) in [6, 6.07) is 8.04. The number of aromatic nitrogens is 2. The number of alkyl halides is 3. The number of fused-ring (bicyclic) bond motifs is 1. The Kier molecular flexibility index (Phi) is 5.17. The third-order valence-corrected chi connectivity index (χ3v) is 6.81. The minimum absolute atomic E-state index is 0.0214. The van der Waals surface area contributed by atoms with Crippen molar-refractivity contribution in [3.05, 3.63) is 77.1 Å². The SMILES string of the molecule is CCS(=O)(=O)c1cc(-c2ccc(F)cc2)cnc1C1=Cc2ncc(C(F)(F)F)cc2C1. The predicted molar refractivity (Wildman–Crippen MR) is 108 cm³/mol. The monoisotopic (exact) mass is 448 g/mol. The number of rotatable bonds is 4. The molecule has 0 saturated heterocycles. The molecule has 1 aromatic carbocycles. The molecule has 3 aromatic rings. The molecule has 0 saturated carbocycles. The van der Waals surface area contributed by atoms with E-state index in [1.165, 1.54) is 43.5 Å². The summed E-state index contributed by atoms with van der Waals surface area (Å²) in [7, 11) is -3.70. The van der Waals surface area contributed by atoms with E-state index in [-0.39, 0.29) is 22.8 Å². The standard InChI is InChI=1S/C22H16F4N2O2S/c1-2-31(29,30)20-10-16(13-3-5-18(23)6-4-13)11-28-21(20)15-7-14-8-17(22(24,25)26)12-27-19(14)9-15/h3-6,8-12H,2,7H2,1H3. The second kappa shape index (κ2) is 7.56. The minimum atomic E-state index is -4.52. The number of halogens is 4. The number of nitrogens with zero attached hydrogens (tertiary/aromatic N) is 2. The summed E-state index contributed by atoms with van der Waals surface area (Å²) in [5.74, 6) is -0.597. The molecule has 0 radical (unpaired) electrons. The molecule has 0 bridgehead atoms. The Labute approximate surface area is 176 Å². The van der Waals surface area contributed by atoms with Crippen molar-refractivity contribution in [1.29, 1.82) is 0 Å². The number of benzene rings is 1. The van der Waals surface area contributed by atoms with Crippen molar-refractivity contribution in [3.63, 3.8) is 0 Å². The van der Waals surface area contributed by atoms with Crippen LogP contribution in [0.4, 0.5) is 17.6 Å². The van der Waals surface area contributed by atoms with E-state index in [0.29, 0.717) is 28.0 Å². The Morgan fingerprint density at radius 3 is 2.35 bits per heavy atom. The van der Waals surface area contributed by atoms with Gasteiger partial charge in [-0.1, -0.05) is 19.1 Å². The van der Waals surface area contributed by atoms with Crippen LogP contribution in [0.1, 0.15) is 29.4 Å². The van der Waals surface area contributed by atoms with Gasteiger partial charge in [-0.05, 0) is 47.0 Å². The van der Waals surface area contributed by atoms with Crippen LogP contribution in [-0.4, -0.2) is 24.1 Å². The molecule has 0 spiro atoms. The Bertz CT molecular complexity index is 1300. The second-order valence-corrected chi connectivity index (χ2v) is 9.34. The van der Waals surface area contributed by atoms with Gasteiger partial charge in [0.1, 0.15) is 5.82 Å². The molecule has 2 heterocycles. The van der Waals surface area contributed by atoms with Crippen molar-refractivity contribution in [1.82, 2.24) is 9.97 Å². The van der Waals surface area contributed by atoms with Crippen LogP contribution < -0.4 is 0 Å². The summed E-state index contributed by atoms with van der Waals surface area (Å²) >= 11 is 0. The first-order valence-electron chi connectivity index (χ1n) is 9.34. The largest absolute Gasteiger partial charge is 0.417 e. The average molecular weight is 448 g/mol. The fourth-order valence-corrected chi connectivity index (χ4v) is 4.50. The third-order valence-electron chi connectivity index (χ3n) is 5.07. The van der Waals surface area contributed by atoms with Crippen LogP contribution in [0.25, 0.3) is 22.8 Å². The summed E-state index contributed by atoms with van der Waals surface area (Å²) in [4.78, 5) is 8.19. The van der Waals surface area contributed by atoms with Gasteiger partial charge in [0.15, 0.2) is 9.84 Å². The van der Waals surface area contributed by atoms with Crippen molar-refractivity contribution < 1.29 is 26.0 Å². The first-order chi connectivity index (χ1) is 14.6. The maximum atomic E-state index is 13.2. The molecule has 0 fully saturated rings. The molecule has 0 amide bonds. The summed E-state index contributed by atoms with van der Waals surface area (Å²) in [5.41, 5.74) is 1.58. The Hall–Kier alpha value is -3.07. The fourth-order valence-electron chi connectivity index (χ4n) is 3.40. The van der Waals surface area contributed by atoms with Crippen LogP contribution in [-0.2, 0) is 22.4 Å². The first kappa shape index (κ1) is 21.2. The Morgan fingerprint density at radius 2 is 1.71 bits per heavy atom. The van der Waals surface area contributed by atoms with Crippen LogP contribution in [0.2, 0.25) is 0 Å². The second-order valence-electron chi connectivity index (χ2n) is 7.09. The van der Waals surface area contributed by atoms with Gasteiger partial charge in [0.05, 0.1) is 27.6 Å². The zero-order chi connectivity index (χ0) is 22.4. The molecule has 31 heavy (non-hydrogen) atoms. The number of hydrogen-bond acceptors (Lipinski definition) is 4. The van der Waals surface area contributed by atoms with E-state index < -0.39 is 27.4 Å². The number of hydrogen-bond donors (Lipinski definition) is 0. The molecular formula is C22H16F4N2O2S. The summed E-state index contributed by atoms with van der Waals surface area (Å²) < 4.78 is 77.8. The highest BCUT2D eigenvalue weighted by atomic mass is 32.2. The zero-order valence-corrected chi connectivity index (χ0v) is 17.1. The summed E-state index contributed by atoms with van der Waals surface area (Å²) in [6.07, 6.45) is -0.648. The molecule has 4 nitrogen and oxygen atoms in total. The van der Waals surface area contributed by atoms with Crippen LogP contribution in [0.3, 0.4) is 0 Å². The van der Waals surface area contributed by atoms with Gasteiger partial charge in [-0.3, -0.25) is 9.97 Å². The van der Waals surface area contributed by atoms with Gasteiger partial charge in [-0.15, -0.1) is 0 Å². The number of sulfone groups is 1. The predicted octanol–water partition coefficient (Wildman–Crippen LogP) is 5.19. The topological polar surface area (TPSA) is 59.9 Å². The molecular weight excluding hydrogens is 432 g/mol. The van der Waals surface area contributed by atoms with Gasteiger partial charge in [0, 0.05) is 24.4 Å². The van der Waals surface area contributed by atoms with E-state index in [0.717, 1.165) is 12.3 Å². The van der Waals surface area contributed by atoms with E-state index in [1.807, 2.05) is 0 Å². The summed E-state index contributed by atoms with van der Waals surface area (Å²) in [5, 5.41) is 0. The highest BCUT2D eigenvalue weighted by Crippen LogP contribution is 2.37. The first-order valence-corrected chi connectivity index (χ1v) is 11.0. The lowest BCUT2D eigenvalue weighted by Crippen LogP contribution is -2.09. The molecule has 0 unspecified atom stereocenters. The number of allylic oxidation sites excluding steroid dienone is 1. The van der Waals surface area contributed by atoms with Crippen LogP contribution >= 0.6 is 0 Å². The van der Waals surface area contributed by atoms with E-state index >= 15 is 0 Å². The van der Waals surface area contributed by atoms with Crippen LogP contribution in [0.5, 0.6) is 0 Å². The van der Waals surface area contributed by atoms with Crippen LogP contribution in [0.15, 0.2) is 53.7 Å². The molecule has 0 N–H and O–H groups in total. The molecule has 1 aliphatic rings. The van der Waals surface area contributed by atoms with Crippen molar-refractivity contribution in [2.24, 2.45) is 0 Å². The lowest BCUT2D eigenvalue weighted by Gasteiger charge is -2.12. The smallest absolute Gasteiger partial charge is 0.256 e.